The first kappa shape index (κ1) is 17.2. The van der Waals surface area contributed by atoms with E-state index < -0.39 is 5.91 Å². The molecule has 8 heteroatoms. The number of carbonyl (C=O) groups excluding carboxylic acids is 2. The molecule has 7 nitrogen and oxygen atoms in total. The van der Waals surface area contributed by atoms with Crippen LogP contribution < -0.4 is 16.4 Å². The molecule has 1 aromatic rings. The number of carbonyl (C=O) groups is 2. The van der Waals surface area contributed by atoms with E-state index in [0.717, 1.165) is 29.9 Å². The third-order valence-electron chi connectivity index (χ3n) is 4.27. The van der Waals surface area contributed by atoms with Crippen molar-refractivity contribution in [2.75, 3.05) is 18.5 Å². The van der Waals surface area contributed by atoms with Crippen molar-refractivity contribution in [2.45, 2.75) is 51.4 Å². The molecule has 2 aliphatic rings. The van der Waals surface area contributed by atoms with Gasteiger partial charge in [-0.2, -0.15) is 0 Å². The number of rotatable bonds is 4. The van der Waals surface area contributed by atoms with E-state index in [1.54, 1.807) is 0 Å². The number of hydrogen-bond acceptors (Lipinski definition) is 5. The normalized spacial score (nSPS) is 22.0. The zero-order chi connectivity index (χ0) is 17.3. The standard InChI is InChI=1S/C16H23N3O4S/c1-16(2)6-10-11(8-23-16)24-14(12(10)13(17)20)19-15(21)18-7-9-4-3-5-22-9/h9H,3-8H2,1-2H3,(H2,17,20)(H2,18,19,21). The van der Waals surface area contributed by atoms with Crippen molar-refractivity contribution in [1.82, 2.24) is 5.32 Å². The number of amides is 3. The van der Waals surface area contributed by atoms with Gasteiger partial charge in [-0.05, 0) is 32.3 Å². The SMILES string of the molecule is CC1(C)Cc2c(sc(NC(=O)NCC3CCCO3)c2C(N)=O)CO1. The number of ether oxygens (including phenoxy) is 2. The summed E-state index contributed by atoms with van der Waals surface area (Å²) in [6.45, 7) is 5.57. The Hall–Kier alpha value is -1.64. The number of anilines is 1. The van der Waals surface area contributed by atoms with Crippen molar-refractivity contribution in [2.24, 2.45) is 5.73 Å². The highest BCUT2D eigenvalue weighted by Gasteiger charge is 2.33. The fraction of sp³-hybridized carbons (Fsp3) is 0.625. The molecule has 3 amide bonds. The molecular weight excluding hydrogens is 330 g/mol. The zero-order valence-electron chi connectivity index (χ0n) is 13.9. The van der Waals surface area contributed by atoms with E-state index in [4.69, 9.17) is 15.2 Å². The molecule has 3 rings (SSSR count). The van der Waals surface area contributed by atoms with Gasteiger partial charge in [-0.15, -0.1) is 11.3 Å². The van der Waals surface area contributed by atoms with E-state index in [-0.39, 0.29) is 17.7 Å². The van der Waals surface area contributed by atoms with E-state index in [0.29, 0.717) is 30.1 Å². The summed E-state index contributed by atoms with van der Waals surface area (Å²) in [6.07, 6.45) is 2.63. The fourth-order valence-corrected chi connectivity index (χ4v) is 4.19. The molecule has 0 bridgehead atoms. The summed E-state index contributed by atoms with van der Waals surface area (Å²) >= 11 is 1.35. The number of nitrogens with one attached hydrogen (secondary N) is 2. The van der Waals surface area contributed by atoms with Crippen molar-refractivity contribution < 1.29 is 19.1 Å². The lowest BCUT2D eigenvalue weighted by Crippen LogP contribution is -2.35. The van der Waals surface area contributed by atoms with Gasteiger partial charge >= 0.3 is 6.03 Å². The Morgan fingerprint density at radius 1 is 1.42 bits per heavy atom. The number of urea groups is 1. The third-order valence-corrected chi connectivity index (χ3v) is 5.40. The minimum Gasteiger partial charge on any atom is -0.376 e. The van der Waals surface area contributed by atoms with Crippen LogP contribution in [0.15, 0.2) is 0 Å². The fourth-order valence-electron chi connectivity index (χ4n) is 3.06. The Labute approximate surface area is 144 Å². The van der Waals surface area contributed by atoms with Gasteiger partial charge in [0.15, 0.2) is 0 Å². The molecule has 0 saturated carbocycles. The van der Waals surface area contributed by atoms with E-state index in [9.17, 15) is 9.59 Å². The molecule has 4 N–H and O–H groups in total. The Morgan fingerprint density at radius 3 is 2.88 bits per heavy atom. The van der Waals surface area contributed by atoms with E-state index >= 15 is 0 Å². The van der Waals surface area contributed by atoms with Crippen LogP contribution in [0.2, 0.25) is 0 Å². The average molecular weight is 353 g/mol. The highest BCUT2D eigenvalue weighted by molar-refractivity contribution is 7.17. The Kier molecular flexibility index (Phi) is 4.80. The quantitative estimate of drug-likeness (QED) is 0.770. The van der Waals surface area contributed by atoms with Crippen LogP contribution in [0.3, 0.4) is 0 Å². The number of fused-ring (bicyclic) bond motifs is 1. The van der Waals surface area contributed by atoms with E-state index in [2.05, 4.69) is 10.6 Å². The van der Waals surface area contributed by atoms with Crippen molar-refractivity contribution in [3.63, 3.8) is 0 Å². The van der Waals surface area contributed by atoms with Gasteiger partial charge in [0.2, 0.25) is 0 Å². The van der Waals surface area contributed by atoms with Gasteiger partial charge in [-0.25, -0.2) is 4.79 Å². The molecule has 1 unspecified atom stereocenters. The monoisotopic (exact) mass is 353 g/mol. The summed E-state index contributed by atoms with van der Waals surface area (Å²) in [5.41, 5.74) is 6.50. The van der Waals surface area contributed by atoms with Crippen molar-refractivity contribution in [3.8, 4) is 0 Å². The minimum atomic E-state index is -0.528. The van der Waals surface area contributed by atoms with Crippen LogP contribution in [-0.2, 0) is 22.5 Å². The summed E-state index contributed by atoms with van der Waals surface area (Å²) in [4.78, 5) is 25.0. The van der Waals surface area contributed by atoms with Crippen molar-refractivity contribution in [1.29, 1.82) is 0 Å². The molecule has 1 saturated heterocycles. The predicted molar refractivity (Wildman–Crippen MR) is 91.4 cm³/mol. The van der Waals surface area contributed by atoms with Crippen LogP contribution in [0.25, 0.3) is 0 Å². The number of nitrogens with two attached hydrogens (primary N) is 1. The van der Waals surface area contributed by atoms with Gasteiger partial charge in [0.25, 0.3) is 5.91 Å². The molecule has 1 fully saturated rings. The number of hydrogen-bond donors (Lipinski definition) is 3. The molecule has 2 aliphatic heterocycles. The van der Waals surface area contributed by atoms with E-state index in [1.807, 2.05) is 13.8 Å². The van der Waals surface area contributed by atoms with Gasteiger partial charge in [-0.1, -0.05) is 0 Å². The van der Waals surface area contributed by atoms with Crippen LogP contribution >= 0.6 is 11.3 Å². The second kappa shape index (κ2) is 6.70. The molecule has 0 aliphatic carbocycles. The summed E-state index contributed by atoms with van der Waals surface area (Å²) in [5.74, 6) is -0.528. The lowest BCUT2D eigenvalue weighted by molar-refractivity contribution is -0.0383. The molecule has 0 radical (unpaired) electrons. The van der Waals surface area contributed by atoms with Crippen LogP contribution in [0.1, 0.15) is 47.5 Å². The second-order valence-electron chi connectivity index (χ2n) is 6.77. The first-order valence-electron chi connectivity index (χ1n) is 8.10. The minimum absolute atomic E-state index is 0.0668. The first-order valence-corrected chi connectivity index (χ1v) is 8.92. The van der Waals surface area contributed by atoms with Gasteiger partial charge in [0.1, 0.15) is 5.00 Å². The highest BCUT2D eigenvalue weighted by Crippen LogP contribution is 2.40. The maximum Gasteiger partial charge on any atom is 0.319 e. The van der Waals surface area contributed by atoms with Crippen molar-refractivity contribution >= 4 is 28.3 Å². The van der Waals surface area contributed by atoms with E-state index in [1.165, 1.54) is 11.3 Å². The summed E-state index contributed by atoms with van der Waals surface area (Å²) in [5, 5.41) is 6.03. The summed E-state index contributed by atoms with van der Waals surface area (Å²) in [6, 6.07) is -0.355. The van der Waals surface area contributed by atoms with Crippen molar-refractivity contribution in [3.05, 3.63) is 16.0 Å². The smallest absolute Gasteiger partial charge is 0.319 e. The van der Waals surface area contributed by atoms with Gasteiger partial charge in [0.05, 0.1) is 23.9 Å². The summed E-state index contributed by atoms with van der Waals surface area (Å²) in [7, 11) is 0. The van der Waals surface area contributed by atoms with Crippen LogP contribution in [0.4, 0.5) is 9.80 Å². The Morgan fingerprint density at radius 2 is 2.21 bits per heavy atom. The summed E-state index contributed by atoms with van der Waals surface area (Å²) < 4.78 is 11.2. The molecule has 1 atom stereocenters. The molecule has 0 spiro atoms. The number of primary amides is 1. The molecular formula is C16H23N3O4S. The molecule has 0 aromatic carbocycles. The third kappa shape index (κ3) is 3.71. The molecule has 3 heterocycles. The largest absolute Gasteiger partial charge is 0.376 e. The molecule has 1 aromatic heterocycles. The molecule has 24 heavy (non-hydrogen) atoms. The maximum atomic E-state index is 12.1. The second-order valence-corrected chi connectivity index (χ2v) is 7.87. The maximum absolute atomic E-state index is 12.1. The van der Waals surface area contributed by atoms with Crippen LogP contribution in [0, 0.1) is 0 Å². The van der Waals surface area contributed by atoms with Gasteiger partial charge in [0, 0.05) is 24.4 Å². The predicted octanol–water partition coefficient (Wildman–Crippen LogP) is 2.00. The first-order chi connectivity index (χ1) is 11.4. The Bertz CT molecular complexity index is 650. The average Bonchev–Trinajstić information content (AvgIpc) is 3.11. The lowest BCUT2D eigenvalue weighted by atomic mass is 9.93. The van der Waals surface area contributed by atoms with Crippen LogP contribution in [0.5, 0.6) is 0 Å². The van der Waals surface area contributed by atoms with Crippen LogP contribution in [-0.4, -0.2) is 36.8 Å². The molecule has 132 valence electrons. The lowest BCUT2D eigenvalue weighted by Gasteiger charge is -2.30. The highest BCUT2D eigenvalue weighted by atomic mass is 32.1. The Balaban J connectivity index is 1.72. The zero-order valence-corrected chi connectivity index (χ0v) is 14.8. The number of thiophene rings is 1. The van der Waals surface area contributed by atoms with Gasteiger partial charge < -0.3 is 20.5 Å². The van der Waals surface area contributed by atoms with Gasteiger partial charge in [-0.3, -0.25) is 10.1 Å². The topological polar surface area (TPSA) is 103 Å².